The smallest absolute Gasteiger partial charge is 0.140 e. The van der Waals surface area contributed by atoms with Crippen molar-refractivity contribution in [3.8, 4) is 0 Å². The molecule has 2 rings (SSSR count). The first-order chi connectivity index (χ1) is 7.56. The molecule has 84 valence electrons. The number of carbonyl (C=O) groups is 2. The maximum atomic E-state index is 13.4. The molecule has 1 aliphatic carbocycles. The number of benzene rings is 1. The van der Waals surface area contributed by atoms with E-state index in [0.717, 1.165) is 18.2 Å². The Labute approximate surface area is 91.3 Å². The van der Waals surface area contributed by atoms with Gasteiger partial charge in [-0.3, -0.25) is 9.59 Å². The number of halogens is 2. The number of carbonyl (C=O) groups excluding carboxylic acids is 2. The minimum atomic E-state index is -0.561. The first kappa shape index (κ1) is 10.9. The van der Waals surface area contributed by atoms with Crippen LogP contribution in [0.15, 0.2) is 18.2 Å². The van der Waals surface area contributed by atoms with Crippen molar-refractivity contribution >= 4 is 11.6 Å². The summed E-state index contributed by atoms with van der Waals surface area (Å²) in [6.07, 6.45) is 0.158. The number of Topliss-reactive ketones (excluding diaryl/α,β-unsaturated/α-hetero) is 2. The summed E-state index contributed by atoms with van der Waals surface area (Å²) in [5, 5.41) is 0. The molecule has 1 saturated carbocycles. The highest BCUT2D eigenvalue weighted by Gasteiger charge is 2.28. The SMILES string of the molecule is O=C1CC(=O)CC(c2cc(F)ccc2F)C1. The molecule has 0 radical (unpaired) electrons. The highest BCUT2D eigenvalue weighted by atomic mass is 19.1. The van der Waals surface area contributed by atoms with Crippen molar-refractivity contribution in [3.63, 3.8) is 0 Å². The highest BCUT2D eigenvalue weighted by Crippen LogP contribution is 2.31. The Bertz CT molecular complexity index is 438. The van der Waals surface area contributed by atoms with Gasteiger partial charge in [-0.1, -0.05) is 0 Å². The van der Waals surface area contributed by atoms with E-state index in [1.54, 1.807) is 0 Å². The van der Waals surface area contributed by atoms with Gasteiger partial charge < -0.3 is 0 Å². The van der Waals surface area contributed by atoms with Gasteiger partial charge in [-0.2, -0.15) is 0 Å². The molecule has 0 aromatic heterocycles. The summed E-state index contributed by atoms with van der Waals surface area (Å²) < 4.78 is 26.4. The van der Waals surface area contributed by atoms with Crippen LogP contribution in [-0.4, -0.2) is 11.6 Å². The molecule has 0 spiro atoms. The van der Waals surface area contributed by atoms with Crippen molar-refractivity contribution in [2.75, 3.05) is 0 Å². The first-order valence-electron chi connectivity index (χ1n) is 5.04. The molecule has 1 aromatic carbocycles. The normalized spacial score (nSPS) is 17.9. The minimum Gasteiger partial charge on any atom is -0.299 e. The van der Waals surface area contributed by atoms with Gasteiger partial charge in [0.1, 0.15) is 23.2 Å². The van der Waals surface area contributed by atoms with Crippen molar-refractivity contribution in [2.45, 2.75) is 25.2 Å². The predicted octanol–water partition coefficient (Wildman–Crippen LogP) is 2.37. The minimum absolute atomic E-state index is 0.0760. The van der Waals surface area contributed by atoms with Gasteiger partial charge in [-0.05, 0) is 23.8 Å². The van der Waals surface area contributed by atoms with E-state index >= 15 is 0 Å². The van der Waals surface area contributed by atoms with Gasteiger partial charge in [0.25, 0.3) is 0 Å². The van der Waals surface area contributed by atoms with E-state index in [9.17, 15) is 18.4 Å². The Kier molecular flexibility index (Phi) is 2.81. The summed E-state index contributed by atoms with van der Waals surface area (Å²) in [5.74, 6) is -2.03. The van der Waals surface area contributed by atoms with Gasteiger partial charge >= 0.3 is 0 Å². The second-order valence-electron chi connectivity index (χ2n) is 4.03. The topological polar surface area (TPSA) is 34.1 Å². The van der Waals surface area contributed by atoms with Gasteiger partial charge in [-0.25, -0.2) is 8.78 Å². The van der Waals surface area contributed by atoms with E-state index < -0.39 is 17.6 Å². The lowest BCUT2D eigenvalue weighted by atomic mass is 9.82. The second-order valence-corrected chi connectivity index (χ2v) is 4.03. The van der Waals surface area contributed by atoms with Crippen LogP contribution in [-0.2, 0) is 9.59 Å². The van der Waals surface area contributed by atoms with Crippen LogP contribution >= 0.6 is 0 Å². The van der Waals surface area contributed by atoms with Gasteiger partial charge in [-0.15, -0.1) is 0 Å². The number of ketones is 2. The molecule has 0 N–H and O–H groups in total. The number of rotatable bonds is 1. The van der Waals surface area contributed by atoms with E-state index in [2.05, 4.69) is 0 Å². The summed E-state index contributed by atoms with van der Waals surface area (Å²) in [4.78, 5) is 22.4. The number of hydrogen-bond donors (Lipinski definition) is 0. The van der Waals surface area contributed by atoms with Crippen molar-refractivity contribution in [1.82, 2.24) is 0 Å². The van der Waals surface area contributed by atoms with Gasteiger partial charge in [0.05, 0.1) is 6.42 Å². The molecule has 1 aliphatic rings. The Morgan fingerprint density at radius 2 is 1.69 bits per heavy atom. The fourth-order valence-electron chi connectivity index (χ4n) is 2.03. The molecule has 0 bridgehead atoms. The molecule has 0 amide bonds. The van der Waals surface area contributed by atoms with Crippen LogP contribution in [0.25, 0.3) is 0 Å². The van der Waals surface area contributed by atoms with E-state index in [4.69, 9.17) is 0 Å². The predicted molar refractivity (Wildman–Crippen MR) is 53.0 cm³/mol. The Morgan fingerprint density at radius 3 is 2.31 bits per heavy atom. The second kappa shape index (κ2) is 4.12. The Morgan fingerprint density at radius 1 is 1.06 bits per heavy atom. The van der Waals surface area contributed by atoms with Crippen LogP contribution in [0.1, 0.15) is 30.7 Å². The molecule has 0 unspecified atom stereocenters. The van der Waals surface area contributed by atoms with E-state index in [-0.39, 0.29) is 36.4 Å². The third-order valence-corrected chi connectivity index (χ3v) is 2.74. The molecular formula is C12H10F2O2. The third kappa shape index (κ3) is 2.15. The van der Waals surface area contributed by atoms with Gasteiger partial charge in [0, 0.05) is 18.8 Å². The van der Waals surface area contributed by atoms with Crippen molar-refractivity contribution in [2.24, 2.45) is 0 Å². The molecule has 1 fully saturated rings. The lowest BCUT2D eigenvalue weighted by molar-refractivity contribution is -0.130. The van der Waals surface area contributed by atoms with Crippen LogP contribution in [0.5, 0.6) is 0 Å². The molecule has 0 heterocycles. The van der Waals surface area contributed by atoms with Crippen molar-refractivity contribution in [1.29, 1.82) is 0 Å². The fourth-order valence-corrected chi connectivity index (χ4v) is 2.03. The summed E-state index contributed by atoms with van der Waals surface area (Å²) in [5.41, 5.74) is 0.126. The van der Waals surface area contributed by atoms with Gasteiger partial charge in [0.15, 0.2) is 0 Å². The lowest BCUT2D eigenvalue weighted by Gasteiger charge is -2.20. The molecule has 0 aliphatic heterocycles. The quantitative estimate of drug-likeness (QED) is 0.686. The van der Waals surface area contributed by atoms with Gasteiger partial charge in [0.2, 0.25) is 0 Å². The average Bonchev–Trinajstić information content (AvgIpc) is 2.20. The molecule has 2 nitrogen and oxygen atoms in total. The molecule has 16 heavy (non-hydrogen) atoms. The largest absolute Gasteiger partial charge is 0.299 e. The third-order valence-electron chi connectivity index (χ3n) is 2.74. The van der Waals surface area contributed by atoms with E-state index in [1.807, 2.05) is 0 Å². The Hall–Kier alpha value is -1.58. The van der Waals surface area contributed by atoms with Crippen LogP contribution in [0, 0.1) is 11.6 Å². The first-order valence-corrected chi connectivity index (χ1v) is 5.04. The highest BCUT2D eigenvalue weighted by molar-refractivity contribution is 6.02. The summed E-state index contributed by atoms with van der Waals surface area (Å²) in [6.45, 7) is 0. The van der Waals surface area contributed by atoms with Crippen molar-refractivity contribution in [3.05, 3.63) is 35.4 Å². The summed E-state index contributed by atoms with van der Waals surface area (Å²) >= 11 is 0. The van der Waals surface area contributed by atoms with Crippen LogP contribution in [0.2, 0.25) is 0 Å². The number of hydrogen-bond acceptors (Lipinski definition) is 2. The molecule has 4 heteroatoms. The summed E-state index contributed by atoms with van der Waals surface area (Å²) in [7, 11) is 0. The van der Waals surface area contributed by atoms with E-state index in [1.165, 1.54) is 0 Å². The lowest BCUT2D eigenvalue weighted by Crippen LogP contribution is -2.22. The monoisotopic (exact) mass is 224 g/mol. The maximum Gasteiger partial charge on any atom is 0.140 e. The van der Waals surface area contributed by atoms with Crippen LogP contribution < -0.4 is 0 Å². The zero-order valence-electron chi connectivity index (χ0n) is 8.50. The fraction of sp³-hybridized carbons (Fsp3) is 0.333. The standard InChI is InChI=1S/C12H10F2O2/c13-8-1-2-12(14)11(5-8)7-3-9(15)6-10(16)4-7/h1-2,5,7H,3-4,6H2. The van der Waals surface area contributed by atoms with Crippen LogP contribution in [0.4, 0.5) is 8.78 Å². The molecular weight excluding hydrogens is 214 g/mol. The molecule has 1 aromatic rings. The zero-order chi connectivity index (χ0) is 11.7. The maximum absolute atomic E-state index is 13.4. The summed E-state index contributed by atoms with van der Waals surface area (Å²) in [6, 6.07) is 3.10. The Balaban J connectivity index is 2.32. The van der Waals surface area contributed by atoms with Crippen molar-refractivity contribution < 1.29 is 18.4 Å². The molecule has 0 atom stereocenters. The zero-order valence-corrected chi connectivity index (χ0v) is 8.50. The average molecular weight is 224 g/mol. The van der Waals surface area contributed by atoms with E-state index in [0.29, 0.717) is 0 Å². The van der Waals surface area contributed by atoms with Crippen LogP contribution in [0.3, 0.4) is 0 Å². The molecule has 0 saturated heterocycles.